The van der Waals surface area contributed by atoms with E-state index < -0.39 is 17.6 Å². The molecule has 3 aromatic carbocycles. The molecule has 0 atom stereocenters. The summed E-state index contributed by atoms with van der Waals surface area (Å²) in [6.07, 6.45) is -4.52. The van der Waals surface area contributed by atoms with Crippen molar-refractivity contribution in [2.75, 3.05) is 5.32 Å². The lowest BCUT2D eigenvalue weighted by molar-refractivity contribution is -0.137. The summed E-state index contributed by atoms with van der Waals surface area (Å²) in [6, 6.07) is 19.3. The van der Waals surface area contributed by atoms with Crippen LogP contribution in [-0.4, -0.2) is 11.0 Å². The second kappa shape index (κ2) is 8.63. The number of halogens is 4. The fourth-order valence-corrected chi connectivity index (χ4v) is 2.94. The Labute approximate surface area is 175 Å². The van der Waals surface area contributed by atoms with Crippen LogP contribution in [0.15, 0.2) is 72.8 Å². The quantitative estimate of drug-likeness (QED) is 0.485. The van der Waals surface area contributed by atoms with E-state index in [1.807, 2.05) is 30.3 Å². The fourth-order valence-electron chi connectivity index (χ4n) is 2.57. The maximum Gasteiger partial charge on any atom is 0.416 e. The van der Waals surface area contributed by atoms with Crippen molar-refractivity contribution in [1.29, 1.82) is 0 Å². The van der Waals surface area contributed by atoms with Crippen LogP contribution in [0.4, 0.5) is 18.9 Å². The SMILES string of the molecule is O=C(NC(=S)Nc1cc(C(F)(F)F)ccc1Cl)c1ccc(-c2ccccc2)cc1. The highest BCUT2D eigenvalue weighted by atomic mass is 35.5. The number of thiocarbonyl (C=S) groups is 1. The first kappa shape index (κ1) is 20.8. The highest BCUT2D eigenvalue weighted by Crippen LogP contribution is 2.33. The van der Waals surface area contributed by atoms with Crippen LogP contribution < -0.4 is 10.6 Å². The number of alkyl halides is 3. The molecule has 8 heteroatoms. The topological polar surface area (TPSA) is 41.1 Å². The zero-order chi connectivity index (χ0) is 21.0. The van der Waals surface area contributed by atoms with Crippen molar-refractivity contribution in [2.24, 2.45) is 0 Å². The Bertz CT molecular complexity index is 1040. The van der Waals surface area contributed by atoms with Gasteiger partial charge in [-0.3, -0.25) is 10.1 Å². The van der Waals surface area contributed by atoms with E-state index in [4.69, 9.17) is 23.8 Å². The average Bonchev–Trinajstić information content (AvgIpc) is 2.69. The second-order valence-corrected chi connectivity index (χ2v) is 6.86. The Hall–Kier alpha value is -2.90. The molecule has 0 heterocycles. The van der Waals surface area contributed by atoms with Crippen LogP contribution in [0.5, 0.6) is 0 Å². The third kappa shape index (κ3) is 5.34. The van der Waals surface area contributed by atoms with E-state index in [0.29, 0.717) is 5.56 Å². The first-order chi connectivity index (χ1) is 13.7. The number of amides is 1. The number of carbonyl (C=O) groups excluding carboxylic acids is 1. The van der Waals surface area contributed by atoms with Gasteiger partial charge in [-0.25, -0.2) is 0 Å². The zero-order valence-corrected chi connectivity index (χ0v) is 16.3. The van der Waals surface area contributed by atoms with Gasteiger partial charge >= 0.3 is 6.18 Å². The Kier molecular flexibility index (Phi) is 6.20. The van der Waals surface area contributed by atoms with E-state index in [-0.39, 0.29) is 15.8 Å². The molecular formula is C21H14ClF3N2OS. The number of carbonyl (C=O) groups is 1. The molecule has 0 radical (unpaired) electrons. The number of hydrogen-bond donors (Lipinski definition) is 2. The lowest BCUT2D eigenvalue weighted by Gasteiger charge is -2.13. The van der Waals surface area contributed by atoms with Crippen molar-refractivity contribution in [1.82, 2.24) is 5.32 Å². The molecule has 0 saturated carbocycles. The Morgan fingerprint density at radius 1 is 0.897 bits per heavy atom. The molecule has 0 unspecified atom stereocenters. The second-order valence-electron chi connectivity index (χ2n) is 6.04. The Morgan fingerprint density at radius 3 is 2.14 bits per heavy atom. The summed E-state index contributed by atoms with van der Waals surface area (Å²) in [4.78, 5) is 12.4. The fraction of sp³-hybridized carbons (Fsp3) is 0.0476. The number of nitrogens with one attached hydrogen (secondary N) is 2. The molecule has 0 aliphatic carbocycles. The third-order valence-corrected chi connectivity index (χ3v) is 4.56. The molecule has 3 aromatic rings. The van der Waals surface area contributed by atoms with E-state index in [0.717, 1.165) is 29.3 Å². The number of rotatable bonds is 3. The Morgan fingerprint density at radius 2 is 1.52 bits per heavy atom. The van der Waals surface area contributed by atoms with Crippen LogP contribution in [-0.2, 0) is 6.18 Å². The first-order valence-electron chi connectivity index (χ1n) is 8.38. The minimum Gasteiger partial charge on any atom is -0.331 e. The van der Waals surface area contributed by atoms with Crippen molar-refractivity contribution in [3.63, 3.8) is 0 Å². The summed E-state index contributed by atoms with van der Waals surface area (Å²) in [6.45, 7) is 0. The van der Waals surface area contributed by atoms with Gasteiger partial charge in [-0.2, -0.15) is 13.2 Å². The average molecular weight is 435 g/mol. The minimum atomic E-state index is -4.52. The lowest BCUT2D eigenvalue weighted by atomic mass is 10.0. The van der Waals surface area contributed by atoms with Crippen LogP contribution in [0.1, 0.15) is 15.9 Å². The molecule has 3 nitrogen and oxygen atoms in total. The molecule has 0 aliphatic heterocycles. The van der Waals surface area contributed by atoms with Crippen LogP contribution in [0.3, 0.4) is 0 Å². The summed E-state index contributed by atoms with van der Waals surface area (Å²) in [5, 5.41) is 4.84. The van der Waals surface area contributed by atoms with Crippen molar-refractivity contribution >= 4 is 40.5 Å². The van der Waals surface area contributed by atoms with Crippen molar-refractivity contribution < 1.29 is 18.0 Å². The predicted octanol–water partition coefficient (Wildman–Crippen LogP) is 6.15. The zero-order valence-electron chi connectivity index (χ0n) is 14.8. The summed E-state index contributed by atoms with van der Waals surface area (Å²) >= 11 is 10.9. The van der Waals surface area contributed by atoms with Gasteiger partial charge in [0.2, 0.25) is 0 Å². The molecular weight excluding hydrogens is 421 g/mol. The van der Waals surface area contributed by atoms with E-state index in [1.54, 1.807) is 24.3 Å². The number of hydrogen-bond acceptors (Lipinski definition) is 2. The minimum absolute atomic E-state index is 0.0433. The van der Waals surface area contributed by atoms with E-state index in [1.165, 1.54) is 0 Å². The normalized spacial score (nSPS) is 11.0. The van der Waals surface area contributed by atoms with Crippen molar-refractivity contribution in [3.05, 3.63) is 88.9 Å². The van der Waals surface area contributed by atoms with E-state index >= 15 is 0 Å². The monoisotopic (exact) mass is 434 g/mol. The van der Waals surface area contributed by atoms with Gasteiger partial charge in [0.1, 0.15) is 0 Å². The molecule has 0 fully saturated rings. The molecule has 148 valence electrons. The summed E-state index contributed by atoms with van der Waals surface area (Å²) < 4.78 is 38.6. The maximum atomic E-state index is 12.9. The van der Waals surface area contributed by atoms with Gasteiger partial charge in [0.25, 0.3) is 5.91 Å². The van der Waals surface area contributed by atoms with Crippen molar-refractivity contribution in [3.8, 4) is 11.1 Å². The Balaban J connectivity index is 1.67. The molecule has 0 aliphatic rings. The molecule has 0 spiro atoms. The summed E-state index contributed by atoms with van der Waals surface area (Å²) in [5.41, 5.74) is 1.37. The van der Waals surface area contributed by atoms with Gasteiger partial charge in [-0.1, -0.05) is 54.1 Å². The number of anilines is 1. The van der Waals surface area contributed by atoms with Crippen molar-refractivity contribution in [2.45, 2.75) is 6.18 Å². The highest BCUT2D eigenvalue weighted by molar-refractivity contribution is 7.80. The molecule has 3 rings (SSSR count). The molecule has 0 aromatic heterocycles. The predicted molar refractivity (Wildman–Crippen MR) is 112 cm³/mol. The summed E-state index contributed by atoms with van der Waals surface area (Å²) in [5.74, 6) is -0.495. The van der Waals surface area contributed by atoms with Crippen LogP contribution in [0, 0.1) is 0 Å². The van der Waals surface area contributed by atoms with Gasteiger partial charge in [-0.15, -0.1) is 0 Å². The van der Waals surface area contributed by atoms with Crippen LogP contribution in [0.2, 0.25) is 5.02 Å². The molecule has 2 N–H and O–H groups in total. The maximum absolute atomic E-state index is 12.9. The molecule has 1 amide bonds. The lowest BCUT2D eigenvalue weighted by Crippen LogP contribution is -2.34. The highest BCUT2D eigenvalue weighted by Gasteiger charge is 2.31. The first-order valence-corrected chi connectivity index (χ1v) is 9.17. The van der Waals surface area contributed by atoms with E-state index in [2.05, 4.69) is 10.6 Å². The number of benzene rings is 3. The van der Waals surface area contributed by atoms with Gasteiger partial charge in [-0.05, 0) is 53.7 Å². The van der Waals surface area contributed by atoms with E-state index in [9.17, 15) is 18.0 Å². The van der Waals surface area contributed by atoms with Crippen LogP contribution >= 0.6 is 23.8 Å². The smallest absolute Gasteiger partial charge is 0.331 e. The van der Waals surface area contributed by atoms with Crippen LogP contribution in [0.25, 0.3) is 11.1 Å². The standard InChI is InChI=1S/C21H14ClF3N2OS/c22-17-11-10-16(21(23,24)25)12-18(17)26-20(29)27-19(28)15-8-6-14(7-9-15)13-4-2-1-3-5-13/h1-12H,(H2,26,27,28,29). The molecule has 0 bridgehead atoms. The molecule has 0 saturated heterocycles. The largest absolute Gasteiger partial charge is 0.416 e. The van der Waals surface area contributed by atoms with Gasteiger partial charge in [0.05, 0.1) is 16.3 Å². The third-order valence-electron chi connectivity index (χ3n) is 4.02. The van der Waals surface area contributed by atoms with Gasteiger partial charge in [0.15, 0.2) is 5.11 Å². The van der Waals surface area contributed by atoms with Gasteiger partial charge < -0.3 is 5.32 Å². The molecule has 29 heavy (non-hydrogen) atoms. The summed E-state index contributed by atoms with van der Waals surface area (Å²) in [7, 11) is 0. The van der Waals surface area contributed by atoms with Gasteiger partial charge in [0, 0.05) is 5.56 Å².